The number of piperidine rings is 1. The second kappa shape index (κ2) is 7.08. The van der Waals surface area contributed by atoms with Gasteiger partial charge in [0.1, 0.15) is 0 Å². The average molecular weight is 291 g/mol. The molecule has 0 aliphatic carbocycles. The maximum atomic E-state index is 12.0. The summed E-state index contributed by atoms with van der Waals surface area (Å²) in [5.41, 5.74) is 3.07. The number of carbonyl (C=O) groups is 1. The summed E-state index contributed by atoms with van der Waals surface area (Å²) in [6.45, 7) is 2.31. The summed E-state index contributed by atoms with van der Waals surface area (Å²) in [7, 11) is 0. The van der Waals surface area contributed by atoms with Crippen molar-refractivity contribution in [2.24, 2.45) is 0 Å². The van der Waals surface area contributed by atoms with Crippen LogP contribution in [0.2, 0.25) is 0 Å². The summed E-state index contributed by atoms with van der Waals surface area (Å²) in [6, 6.07) is 17.8. The van der Waals surface area contributed by atoms with E-state index < -0.39 is 0 Å². The maximum Gasteiger partial charge on any atom is 0.185 e. The lowest BCUT2D eigenvalue weighted by atomic mass is 10.1. The van der Waals surface area contributed by atoms with E-state index in [1.165, 1.54) is 24.9 Å². The zero-order valence-electron chi connectivity index (χ0n) is 12.7. The zero-order valence-corrected chi connectivity index (χ0v) is 12.7. The molecule has 1 heterocycles. The molecule has 1 fully saturated rings. The van der Waals surface area contributed by atoms with Crippen molar-refractivity contribution in [2.75, 3.05) is 18.0 Å². The van der Waals surface area contributed by atoms with Crippen LogP contribution in [-0.4, -0.2) is 18.9 Å². The summed E-state index contributed by atoms with van der Waals surface area (Å²) in [5, 5.41) is 0. The van der Waals surface area contributed by atoms with Gasteiger partial charge in [0.05, 0.1) is 0 Å². The third-order valence-electron chi connectivity index (χ3n) is 4.10. The number of anilines is 1. The third-order valence-corrected chi connectivity index (χ3v) is 4.10. The molecule has 0 aromatic heterocycles. The van der Waals surface area contributed by atoms with E-state index in [1.807, 2.05) is 36.4 Å². The lowest BCUT2D eigenvalue weighted by Crippen LogP contribution is -2.29. The van der Waals surface area contributed by atoms with Gasteiger partial charge >= 0.3 is 0 Å². The predicted octanol–water partition coefficient (Wildman–Crippen LogP) is 4.57. The summed E-state index contributed by atoms with van der Waals surface area (Å²) in [5.74, 6) is 0.0423. The highest BCUT2D eigenvalue weighted by Crippen LogP contribution is 2.20. The molecule has 2 nitrogen and oxygen atoms in total. The van der Waals surface area contributed by atoms with Gasteiger partial charge in [0, 0.05) is 24.3 Å². The molecule has 112 valence electrons. The van der Waals surface area contributed by atoms with Crippen molar-refractivity contribution in [3.05, 3.63) is 71.8 Å². The second-order valence-corrected chi connectivity index (χ2v) is 5.70. The van der Waals surface area contributed by atoms with E-state index in [-0.39, 0.29) is 5.78 Å². The molecule has 1 aliphatic heterocycles. The molecule has 2 heteroatoms. The Kier molecular flexibility index (Phi) is 4.69. The van der Waals surface area contributed by atoms with Crippen LogP contribution in [0.5, 0.6) is 0 Å². The van der Waals surface area contributed by atoms with Crippen molar-refractivity contribution < 1.29 is 4.79 Å². The number of carbonyl (C=O) groups excluding carboxylic acids is 1. The average Bonchev–Trinajstić information content (AvgIpc) is 2.61. The van der Waals surface area contributed by atoms with Crippen LogP contribution < -0.4 is 4.90 Å². The molecule has 3 rings (SSSR count). The standard InChI is InChI=1S/C20H21NO/c22-20(18-7-3-1-4-8-18)14-11-17-9-12-19(13-10-17)21-15-5-2-6-16-21/h1,3-4,7-14H,2,5-6,15-16H2. The van der Waals surface area contributed by atoms with Gasteiger partial charge in [-0.15, -0.1) is 0 Å². The predicted molar refractivity (Wildman–Crippen MR) is 92.3 cm³/mol. The van der Waals surface area contributed by atoms with Gasteiger partial charge < -0.3 is 4.90 Å². The van der Waals surface area contributed by atoms with Crippen LogP contribution in [0.15, 0.2) is 60.7 Å². The first-order valence-electron chi connectivity index (χ1n) is 7.95. The van der Waals surface area contributed by atoms with Crippen molar-refractivity contribution in [1.82, 2.24) is 0 Å². The minimum absolute atomic E-state index is 0.0423. The SMILES string of the molecule is O=C(C=Cc1ccc(N2CCCCC2)cc1)c1ccccc1. The highest BCUT2D eigenvalue weighted by Gasteiger charge is 2.10. The molecular weight excluding hydrogens is 270 g/mol. The van der Waals surface area contributed by atoms with E-state index in [1.54, 1.807) is 6.08 Å². The first-order valence-corrected chi connectivity index (χ1v) is 7.95. The fraction of sp³-hybridized carbons (Fsp3) is 0.250. The Morgan fingerprint density at radius 1 is 0.864 bits per heavy atom. The molecule has 0 saturated carbocycles. The molecule has 2 aromatic rings. The van der Waals surface area contributed by atoms with Gasteiger partial charge in [-0.1, -0.05) is 48.5 Å². The minimum Gasteiger partial charge on any atom is -0.372 e. The fourth-order valence-electron chi connectivity index (χ4n) is 2.82. The summed E-state index contributed by atoms with van der Waals surface area (Å²) in [4.78, 5) is 14.5. The number of benzene rings is 2. The minimum atomic E-state index is 0.0423. The van der Waals surface area contributed by atoms with Gasteiger partial charge in [0.2, 0.25) is 0 Å². The summed E-state index contributed by atoms with van der Waals surface area (Å²) < 4.78 is 0. The van der Waals surface area contributed by atoms with Crippen molar-refractivity contribution in [1.29, 1.82) is 0 Å². The van der Waals surface area contributed by atoms with Gasteiger partial charge in [-0.05, 0) is 43.0 Å². The summed E-state index contributed by atoms with van der Waals surface area (Å²) in [6.07, 6.45) is 7.44. The summed E-state index contributed by atoms with van der Waals surface area (Å²) >= 11 is 0. The molecule has 22 heavy (non-hydrogen) atoms. The first kappa shape index (κ1) is 14.6. The molecule has 0 bridgehead atoms. The lowest BCUT2D eigenvalue weighted by Gasteiger charge is -2.28. The topological polar surface area (TPSA) is 20.3 Å². The Bertz CT molecular complexity index is 637. The van der Waals surface area contributed by atoms with Crippen LogP contribution in [0.3, 0.4) is 0 Å². The van der Waals surface area contributed by atoms with Gasteiger partial charge in [-0.2, -0.15) is 0 Å². The molecule has 2 aromatic carbocycles. The molecule has 1 saturated heterocycles. The Morgan fingerprint density at radius 3 is 2.23 bits per heavy atom. The molecular formula is C20H21NO. The van der Waals surface area contributed by atoms with Crippen LogP contribution in [0.25, 0.3) is 6.08 Å². The highest BCUT2D eigenvalue weighted by molar-refractivity contribution is 6.06. The molecule has 0 amide bonds. The van der Waals surface area contributed by atoms with Crippen LogP contribution >= 0.6 is 0 Å². The molecule has 1 aliphatic rings. The zero-order chi connectivity index (χ0) is 15.2. The Labute approximate surface area is 132 Å². The number of allylic oxidation sites excluding steroid dienone is 1. The first-order chi connectivity index (χ1) is 10.8. The normalized spacial score (nSPS) is 15.2. The quantitative estimate of drug-likeness (QED) is 0.607. The van der Waals surface area contributed by atoms with Gasteiger partial charge in [-0.3, -0.25) is 4.79 Å². The monoisotopic (exact) mass is 291 g/mol. The van der Waals surface area contributed by atoms with Crippen molar-refractivity contribution in [3.8, 4) is 0 Å². The molecule has 0 unspecified atom stereocenters. The number of rotatable bonds is 4. The molecule has 0 spiro atoms. The van der Waals surface area contributed by atoms with E-state index in [4.69, 9.17) is 0 Å². The van der Waals surface area contributed by atoms with Crippen LogP contribution in [0.1, 0.15) is 35.2 Å². The molecule has 0 radical (unpaired) electrons. The highest BCUT2D eigenvalue weighted by atomic mass is 16.1. The maximum absolute atomic E-state index is 12.0. The van der Waals surface area contributed by atoms with E-state index in [0.29, 0.717) is 0 Å². The Morgan fingerprint density at radius 2 is 1.55 bits per heavy atom. The van der Waals surface area contributed by atoms with Gasteiger partial charge in [-0.25, -0.2) is 0 Å². The van der Waals surface area contributed by atoms with E-state index in [2.05, 4.69) is 29.2 Å². The largest absolute Gasteiger partial charge is 0.372 e. The number of nitrogens with zero attached hydrogens (tertiary/aromatic N) is 1. The van der Waals surface area contributed by atoms with E-state index in [0.717, 1.165) is 24.2 Å². The number of hydrogen-bond acceptors (Lipinski definition) is 2. The van der Waals surface area contributed by atoms with Crippen molar-refractivity contribution in [3.63, 3.8) is 0 Å². The van der Waals surface area contributed by atoms with Crippen LogP contribution in [0, 0.1) is 0 Å². The Balaban J connectivity index is 1.65. The number of hydrogen-bond donors (Lipinski definition) is 0. The smallest absolute Gasteiger partial charge is 0.185 e. The van der Waals surface area contributed by atoms with E-state index >= 15 is 0 Å². The van der Waals surface area contributed by atoms with Gasteiger partial charge in [0.15, 0.2) is 5.78 Å². The number of ketones is 1. The fourth-order valence-corrected chi connectivity index (χ4v) is 2.82. The van der Waals surface area contributed by atoms with Crippen LogP contribution in [-0.2, 0) is 0 Å². The lowest BCUT2D eigenvalue weighted by molar-refractivity contribution is 0.104. The van der Waals surface area contributed by atoms with Crippen molar-refractivity contribution in [2.45, 2.75) is 19.3 Å². The Hall–Kier alpha value is -2.35. The van der Waals surface area contributed by atoms with Crippen molar-refractivity contribution >= 4 is 17.5 Å². The van der Waals surface area contributed by atoms with Gasteiger partial charge in [0.25, 0.3) is 0 Å². The molecule has 0 atom stereocenters. The van der Waals surface area contributed by atoms with E-state index in [9.17, 15) is 4.79 Å². The molecule has 0 N–H and O–H groups in total. The van der Waals surface area contributed by atoms with Crippen LogP contribution in [0.4, 0.5) is 5.69 Å². The second-order valence-electron chi connectivity index (χ2n) is 5.70. The third kappa shape index (κ3) is 3.64.